The number of hydrogen-bond acceptors (Lipinski definition) is 3. The van der Waals surface area contributed by atoms with Crippen molar-refractivity contribution >= 4 is 0 Å². The van der Waals surface area contributed by atoms with E-state index < -0.39 is 0 Å². The summed E-state index contributed by atoms with van der Waals surface area (Å²) in [6.45, 7) is 2.08. The maximum Gasteiger partial charge on any atom is 0.0743 e. The SMILES string of the molecule is Cc1ccccc1C(NN)c1cnn(C)c1. The van der Waals surface area contributed by atoms with Gasteiger partial charge in [0.2, 0.25) is 0 Å². The molecule has 84 valence electrons. The summed E-state index contributed by atoms with van der Waals surface area (Å²) < 4.78 is 1.78. The number of aryl methyl sites for hydroxylation is 2. The summed E-state index contributed by atoms with van der Waals surface area (Å²) in [6, 6.07) is 8.19. The van der Waals surface area contributed by atoms with E-state index >= 15 is 0 Å². The number of aromatic nitrogens is 2. The van der Waals surface area contributed by atoms with E-state index in [0.29, 0.717) is 0 Å². The molecule has 0 spiro atoms. The zero-order valence-corrected chi connectivity index (χ0v) is 9.51. The predicted octanol–water partition coefficient (Wildman–Crippen LogP) is 1.28. The van der Waals surface area contributed by atoms with Crippen molar-refractivity contribution in [1.82, 2.24) is 15.2 Å². The number of rotatable bonds is 3. The molecule has 1 heterocycles. The fraction of sp³-hybridized carbons (Fsp3) is 0.250. The second-order valence-electron chi connectivity index (χ2n) is 3.90. The number of nitrogens with one attached hydrogen (secondary N) is 1. The van der Waals surface area contributed by atoms with E-state index in [-0.39, 0.29) is 6.04 Å². The lowest BCUT2D eigenvalue weighted by Gasteiger charge is -2.16. The molecule has 16 heavy (non-hydrogen) atoms. The van der Waals surface area contributed by atoms with E-state index in [1.807, 2.05) is 31.6 Å². The molecule has 1 unspecified atom stereocenters. The van der Waals surface area contributed by atoms with E-state index in [0.717, 1.165) is 5.56 Å². The lowest BCUT2D eigenvalue weighted by Crippen LogP contribution is -2.29. The standard InChI is InChI=1S/C12H16N4/c1-9-5-3-4-6-11(9)12(15-13)10-7-14-16(2)8-10/h3-8,12,15H,13H2,1-2H3. The Morgan fingerprint density at radius 2 is 2.12 bits per heavy atom. The van der Waals surface area contributed by atoms with Gasteiger partial charge in [-0.2, -0.15) is 5.10 Å². The molecule has 1 aromatic carbocycles. The Morgan fingerprint density at radius 1 is 1.38 bits per heavy atom. The molecule has 0 aliphatic carbocycles. The summed E-state index contributed by atoms with van der Waals surface area (Å²) in [5, 5.41) is 4.16. The topological polar surface area (TPSA) is 55.9 Å². The van der Waals surface area contributed by atoms with Crippen LogP contribution in [0.25, 0.3) is 0 Å². The fourth-order valence-corrected chi connectivity index (χ4v) is 1.87. The van der Waals surface area contributed by atoms with Crippen molar-refractivity contribution < 1.29 is 0 Å². The van der Waals surface area contributed by atoms with Gasteiger partial charge in [-0.15, -0.1) is 0 Å². The second-order valence-corrected chi connectivity index (χ2v) is 3.90. The Kier molecular flexibility index (Phi) is 3.03. The normalized spacial score (nSPS) is 12.7. The summed E-state index contributed by atoms with van der Waals surface area (Å²) in [5.74, 6) is 5.63. The average molecular weight is 216 g/mol. The molecule has 4 nitrogen and oxygen atoms in total. The minimum atomic E-state index is -0.00472. The van der Waals surface area contributed by atoms with Crippen LogP contribution in [0.5, 0.6) is 0 Å². The molecular weight excluding hydrogens is 200 g/mol. The van der Waals surface area contributed by atoms with Gasteiger partial charge < -0.3 is 0 Å². The molecule has 2 aromatic rings. The maximum absolute atomic E-state index is 5.63. The Balaban J connectivity index is 2.40. The smallest absolute Gasteiger partial charge is 0.0743 e. The first-order valence-corrected chi connectivity index (χ1v) is 5.22. The van der Waals surface area contributed by atoms with Gasteiger partial charge in [0.15, 0.2) is 0 Å². The summed E-state index contributed by atoms with van der Waals surface area (Å²) in [4.78, 5) is 0. The molecule has 0 aliphatic rings. The van der Waals surface area contributed by atoms with Gasteiger partial charge >= 0.3 is 0 Å². The minimum absolute atomic E-state index is 0.00472. The van der Waals surface area contributed by atoms with Crippen molar-refractivity contribution in [1.29, 1.82) is 0 Å². The number of hydrogen-bond donors (Lipinski definition) is 2. The van der Waals surface area contributed by atoms with Gasteiger partial charge in [0.25, 0.3) is 0 Å². The van der Waals surface area contributed by atoms with Crippen LogP contribution < -0.4 is 11.3 Å². The third-order valence-corrected chi connectivity index (χ3v) is 2.72. The molecular formula is C12H16N4. The van der Waals surface area contributed by atoms with Gasteiger partial charge in [-0.25, -0.2) is 5.43 Å². The van der Waals surface area contributed by atoms with E-state index in [9.17, 15) is 0 Å². The van der Waals surface area contributed by atoms with Gasteiger partial charge in [0.05, 0.1) is 12.2 Å². The van der Waals surface area contributed by atoms with Crippen LogP contribution in [-0.4, -0.2) is 9.78 Å². The van der Waals surface area contributed by atoms with Crippen LogP contribution in [0, 0.1) is 6.92 Å². The van der Waals surface area contributed by atoms with Crippen LogP contribution >= 0.6 is 0 Å². The number of nitrogens with two attached hydrogens (primary N) is 1. The number of benzene rings is 1. The highest BCUT2D eigenvalue weighted by molar-refractivity contribution is 5.34. The molecule has 0 bridgehead atoms. The first-order chi connectivity index (χ1) is 7.72. The van der Waals surface area contributed by atoms with Gasteiger partial charge in [-0.05, 0) is 18.1 Å². The van der Waals surface area contributed by atoms with E-state index in [1.54, 1.807) is 4.68 Å². The Hall–Kier alpha value is -1.65. The monoisotopic (exact) mass is 216 g/mol. The fourth-order valence-electron chi connectivity index (χ4n) is 1.87. The molecule has 0 radical (unpaired) electrons. The van der Waals surface area contributed by atoms with E-state index in [2.05, 4.69) is 29.6 Å². The molecule has 0 aliphatic heterocycles. The largest absolute Gasteiger partial charge is 0.275 e. The quantitative estimate of drug-likeness (QED) is 0.600. The highest BCUT2D eigenvalue weighted by atomic mass is 15.3. The minimum Gasteiger partial charge on any atom is -0.275 e. The van der Waals surface area contributed by atoms with Crippen LogP contribution in [0.3, 0.4) is 0 Å². The molecule has 3 N–H and O–H groups in total. The highest BCUT2D eigenvalue weighted by Crippen LogP contribution is 2.23. The molecule has 1 aromatic heterocycles. The average Bonchev–Trinajstić information content (AvgIpc) is 2.69. The van der Waals surface area contributed by atoms with Crippen molar-refractivity contribution in [2.24, 2.45) is 12.9 Å². The molecule has 2 rings (SSSR count). The lowest BCUT2D eigenvalue weighted by atomic mass is 9.98. The third-order valence-electron chi connectivity index (χ3n) is 2.72. The predicted molar refractivity (Wildman–Crippen MR) is 63.6 cm³/mol. The zero-order valence-electron chi connectivity index (χ0n) is 9.51. The summed E-state index contributed by atoms with van der Waals surface area (Å²) in [6.07, 6.45) is 3.80. The van der Waals surface area contributed by atoms with E-state index in [4.69, 9.17) is 5.84 Å². The molecule has 1 atom stereocenters. The summed E-state index contributed by atoms with van der Waals surface area (Å²) >= 11 is 0. The van der Waals surface area contributed by atoms with Gasteiger partial charge in [0.1, 0.15) is 0 Å². The van der Waals surface area contributed by atoms with Crippen LogP contribution in [0.15, 0.2) is 36.7 Å². The first kappa shape index (κ1) is 10.9. The number of nitrogens with zero attached hydrogens (tertiary/aromatic N) is 2. The van der Waals surface area contributed by atoms with Crippen molar-refractivity contribution in [3.63, 3.8) is 0 Å². The Bertz CT molecular complexity index is 475. The van der Waals surface area contributed by atoms with E-state index in [1.165, 1.54) is 11.1 Å². The van der Waals surface area contributed by atoms with Gasteiger partial charge in [0, 0.05) is 18.8 Å². The highest BCUT2D eigenvalue weighted by Gasteiger charge is 2.15. The first-order valence-electron chi connectivity index (χ1n) is 5.22. The molecule has 0 saturated heterocycles. The van der Waals surface area contributed by atoms with Crippen LogP contribution in [0.4, 0.5) is 0 Å². The van der Waals surface area contributed by atoms with Crippen molar-refractivity contribution in [3.8, 4) is 0 Å². The Morgan fingerprint density at radius 3 is 2.69 bits per heavy atom. The Labute approximate surface area is 95.1 Å². The lowest BCUT2D eigenvalue weighted by molar-refractivity contribution is 0.632. The van der Waals surface area contributed by atoms with Crippen LogP contribution in [0.1, 0.15) is 22.7 Å². The van der Waals surface area contributed by atoms with Crippen molar-refractivity contribution in [3.05, 3.63) is 53.3 Å². The summed E-state index contributed by atoms with van der Waals surface area (Å²) in [7, 11) is 1.90. The van der Waals surface area contributed by atoms with Crippen LogP contribution in [0.2, 0.25) is 0 Å². The molecule has 0 amide bonds. The molecule has 0 fully saturated rings. The molecule has 4 heteroatoms. The maximum atomic E-state index is 5.63. The summed E-state index contributed by atoms with van der Waals surface area (Å²) in [5.41, 5.74) is 6.30. The van der Waals surface area contributed by atoms with Crippen molar-refractivity contribution in [2.75, 3.05) is 0 Å². The number of hydrazine groups is 1. The van der Waals surface area contributed by atoms with Gasteiger partial charge in [-0.1, -0.05) is 24.3 Å². The van der Waals surface area contributed by atoms with Gasteiger partial charge in [-0.3, -0.25) is 10.5 Å². The third kappa shape index (κ3) is 1.98. The van der Waals surface area contributed by atoms with Crippen molar-refractivity contribution in [2.45, 2.75) is 13.0 Å². The zero-order chi connectivity index (χ0) is 11.5. The molecule has 0 saturated carbocycles. The van der Waals surface area contributed by atoms with Crippen LogP contribution in [-0.2, 0) is 7.05 Å². The second kappa shape index (κ2) is 4.47.